The Labute approximate surface area is 108 Å². The highest BCUT2D eigenvalue weighted by Gasteiger charge is 2.43. The smallest absolute Gasteiger partial charge is 0.258 e. The number of aliphatic hydroxyl groups excluding tert-OH is 1. The number of carbonyl (C=O) groups excluding carboxylic acids is 1. The van der Waals surface area contributed by atoms with Crippen LogP contribution in [0.1, 0.15) is 36.0 Å². The highest BCUT2D eigenvalue weighted by atomic mass is 79.9. The molecule has 5 heteroatoms. The van der Waals surface area contributed by atoms with E-state index in [1.807, 2.05) is 4.90 Å². The number of hydrogen-bond donors (Lipinski definition) is 1. The second-order valence-electron chi connectivity index (χ2n) is 4.83. The van der Waals surface area contributed by atoms with Crippen LogP contribution in [0, 0.1) is 0 Å². The third-order valence-electron chi connectivity index (χ3n) is 3.79. The highest BCUT2D eigenvalue weighted by Crippen LogP contribution is 2.37. The molecule has 0 spiro atoms. The Kier molecular flexibility index (Phi) is 2.75. The van der Waals surface area contributed by atoms with Crippen LogP contribution in [0.3, 0.4) is 0 Å². The van der Waals surface area contributed by atoms with E-state index >= 15 is 0 Å². The van der Waals surface area contributed by atoms with Crippen LogP contribution in [-0.4, -0.2) is 34.1 Å². The van der Waals surface area contributed by atoms with Gasteiger partial charge in [-0.25, -0.2) is 0 Å². The summed E-state index contributed by atoms with van der Waals surface area (Å²) in [5, 5.41) is 9.71. The van der Waals surface area contributed by atoms with Gasteiger partial charge >= 0.3 is 0 Å². The first kappa shape index (κ1) is 11.3. The molecule has 1 N–H and O–H groups in total. The average molecular weight is 300 g/mol. The molecular formula is C12H14BrNO3. The zero-order chi connectivity index (χ0) is 12.0. The lowest BCUT2D eigenvalue weighted by atomic mass is 9.99. The lowest BCUT2D eigenvalue weighted by Crippen LogP contribution is -2.47. The first-order chi connectivity index (χ1) is 8.16. The fourth-order valence-corrected chi connectivity index (χ4v) is 3.47. The number of aliphatic hydroxyl groups is 1. The van der Waals surface area contributed by atoms with Gasteiger partial charge in [0.15, 0.2) is 4.67 Å². The van der Waals surface area contributed by atoms with Gasteiger partial charge in [-0.05, 0) is 47.7 Å². The van der Waals surface area contributed by atoms with Gasteiger partial charge in [0.05, 0.1) is 17.9 Å². The van der Waals surface area contributed by atoms with Crippen molar-refractivity contribution in [1.29, 1.82) is 0 Å². The summed E-state index contributed by atoms with van der Waals surface area (Å²) in [5.41, 5.74) is 0.582. The third kappa shape index (κ3) is 1.81. The second-order valence-corrected chi connectivity index (χ2v) is 5.55. The van der Waals surface area contributed by atoms with Gasteiger partial charge in [0.25, 0.3) is 5.91 Å². The van der Waals surface area contributed by atoms with Crippen LogP contribution in [0.4, 0.5) is 0 Å². The Morgan fingerprint density at radius 3 is 2.59 bits per heavy atom. The third-order valence-corrected chi connectivity index (χ3v) is 4.41. The summed E-state index contributed by atoms with van der Waals surface area (Å²) in [6, 6.07) is 2.08. The molecule has 1 amide bonds. The summed E-state index contributed by atoms with van der Waals surface area (Å²) in [6.07, 6.45) is 4.68. The van der Waals surface area contributed by atoms with Crippen LogP contribution >= 0.6 is 15.9 Å². The number of fused-ring (bicyclic) bond motifs is 2. The van der Waals surface area contributed by atoms with Gasteiger partial charge in [-0.2, -0.15) is 0 Å². The van der Waals surface area contributed by atoms with Crippen LogP contribution in [-0.2, 0) is 0 Å². The Morgan fingerprint density at radius 1 is 1.41 bits per heavy atom. The maximum Gasteiger partial charge on any atom is 0.258 e. The summed E-state index contributed by atoms with van der Waals surface area (Å²) < 4.78 is 5.60. The average Bonchev–Trinajstić information content (AvgIpc) is 2.81. The Hall–Kier alpha value is -0.810. The predicted molar refractivity (Wildman–Crippen MR) is 64.6 cm³/mol. The van der Waals surface area contributed by atoms with E-state index in [-0.39, 0.29) is 24.1 Å². The lowest BCUT2D eigenvalue weighted by molar-refractivity contribution is 0.0285. The van der Waals surface area contributed by atoms with Gasteiger partial charge < -0.3 is 14.4 Å². The molecule has 3 rings (SSSR count). The van der Waals surface area contributed by atoms with Gasteiger partial charge in [0.1, 0.15) is 0 Å². The van der Waals surface area contributed by atoms with E-state index < -0.39 is 0 Å². The molecule has 92 valence electrons. The molecule has 17 heavy (non-hydrogen) atoms. The largest absolute Gasteiger partial charge is 0.457 e. The van der Waals surface area contributed by atoms with E-state index in [2.05, 4.69) is 15.9 Å². The molecule has 0 saturated carbocycles. The molecule has 0 radical (unpaired) electrons. The maximum atomic E-state index is 12.4. The maximum absolute atomic E-state index is 12.4. The van der Waals surface area contributed by atoms with Crippen molar-refractivity contribution in [1.82, 2.24) is 4.90 Å². The lowest BCUT2D eigenvalue weighted by Gasteiger charge is -2.37. The molecule has 2 atom stereocenters. The van der Waals surface area contributed by atoms with Gasteiger partial charge in [0, 0.05) is 12.1 Å². The number of halogens is 1. The number of hydrogen-bond acceptors (Lipinski definition) is 3. The first-order valence-electron chi connectivity index (χ1n) is 5.90. The van der Waals surface area contributed by atoms with E-state index in [0.29, 0.717) is 23.1 Å². The number of nitrogens with zero attached hydrogens (tertiary/aromatic N) is 1. The summed E-state index contributed by atoms with van der Waals surface area (Å²) in [4.78, 5) is 14.3. The molecule has 2 bridgehead atoms. The van der Waals surface area contributed by atoms with Gasteiger partial charge in [-0.15, -0.1) is 0 Å². The monoisotopic (exact) mass is 299 g/mol. The van der Waals surface area contributed by atoms with Gasteiger partial charge in [0.2, 0.25) is 0 Å². The van der Waals surface area contributed by atoms with Gasteiger partial charge in [-0.3, -0.25) is 4.79 Å². The van der Waals surface area contributed by atoms with Crippen molar-refractivity contribution in [2.75, 3.05) is 0 Å². The zero-order valence-corrected chi connectivity index (χ0v) is 10.9. The van der Waals surface area contributed by atoms with Crippen LogP contribution < -0.4 is 0 Å². The molecule has 0 aliphatic carbocycles. The topological polar surface area (TPSA) is 53.7 Å². The summed E-state index contributed by atoms with van der Waals surface area (Å²) in [6.45, 7) is 0. The van der Waals surface area contributed by atoms with E-state index in [1.54, 1.807) is 6.07 Å². The normalized spacial score (nSPS) is 31.9. The quantitative estimate of drug-likeness (QED) is 0.865. The van der Waals surface area contributed by atoms with Crippen molar-refractivity contribution in [3.05, 3.63) is 22.6 Å². The van der Waals surface area contributed by atoms with Gasteiger partial charge in [-0.1, -0.05) is 0 Å². The van der Waals surface area contributed by atoms with Crippen molar-refractivity contribution in [3.8, 4) is 0 Å². The zero-order valence-electron chi connectivity index (χ0n) is 9.30. The van der Waals surface area contributed by atoms with Crippen molar-refractivity contribution in [3.63, 3.8) is 0 Å². The predicted octanol–water partition coefficient (Wildman–Crippen LogP) is 2.17. The molecule has 2 saturated heterocycles. The van der Waals surface area contributed by atoms with Crippen molar-refractivity contribution in [2.24, 2.45) is 0 Å². The summed E-state index contributed by atoms with van der Waals surface area (Å²) in [7, 11) is 0. The van der Waals surface area contributed by atoms with Crippen molar-refractivity contribution >= 4 is 21.8 Å². The van der Waals surface area contributed by atoms with Crippen LogP contribution in [0.5, 0.6) is 0 Å². The molecule has 1 aromatic heterocycles. The number of carbonyl (C=O) groups is 1. The number of amides is 1. The number of furan rings is 1. The van der Waals surface area contributed by atoms with Crippen molar-refractivity contribution < 1.29 is 14.3 Å². The van der Waals surface area contributed by atoms with E-state index in [4.69, 9.17) is 4.42 Å². The summed E-state index contributed by atoms with van der Waals surface area (Å²) >= 11 is 3.24. The minimum absolute atomic E-state index is 0.0185. The van der Waals surface area contributed by atoms with Crippen LogP contribution in [0.25, 0.3) is 0 Å². The summed E-state index contributed by atoms with van der Waals surface area (Å²) in [5.74, 6) is 0.0185. The van der Waals surface area contributed by atoms with E-state index in [0.717, 1.165) is 12.8 Å². The molecule has 2 unspecified atom stereocenters. The molecule has 3 heterocycles. The Bertz CT molecular complexity index is 431. The SMILES string of the molecule is O=C(c1ccoc1Br)N1C2CCC1CC(O)C2. The molecule has 0 aromatic carbocycles. The van der Waals surface area contributed by atoms with E-state index in [1.165, 1.54) is 6.26 Å². The molecule has 4 nitrogen and oxygen atoms in total. The minimum atomic E-state index is -0.246. The Morgan fingerprint density at radius 2 is 2.06 bits per heavy atom. The highest BCUT2D eigenvalue weighted by molar-refractivity contribution is 9.10. The molecular weight excluding hydrogens is 286 g/mol. The molecule has 2 fully saturated rings. The molecule has 2 aliphatic rings. The second kappa shape index (κ2) is 4.14. The number of piperidine rings is 1. The fourth-order valence-electron chi connectivity index (χ4n) is 3.07. The fraction of sp³-hybridized carbons (Fsp3) is 0.583. The minimum Gasteiger partial charge on any atom is -0.457 e. The molecule has 1 aromatic rings. The first-order valence-corrected chi connectivity index (χ1v) is 6.70. The standard InChI is InChI=1S/C12H14BrNO3/c13-11-10(3-4-17-11)12(16)14-7-1-2-8(14)6-9(15)5-7/h3-4,7-9,15H,1-2,5-6H2. The Balaban J connectivity index is 1.86. The van der Waals surface area contributed by atoms with Crippen LogP contribution in [0.15, 0.2) is 21.4 Å². The molecule has 2 aliphatic heterocycles. The van der Waals surface area contributed by atoms with Crippen LogP contribution in [0.2, 0.25) is 0 Å². The van der Waals surface area contributed by atoms with E-state index in [9.17, 15) is 9.90 Å². The van der Waals surface area contributed by atoms with Crippen molar-refractivity contribution in [2.45, 2.75) is 43.9 Å². The number of rotatable bonds is 1.